The Hall–Kier alpha value is -0.680. The van der Waals surface area contributed by atoms with E-state index in [0.29, 0.717) is 4.91 Å². The number of hydrogen-bond donors (Lipinski definition) is 1. The van der Waals surface area contributed by atoms with Crippen LogP contribution in [0.2, 0.25) is 0 Å². The fourth-order valence-electron chi connectivity index (χ4n) is 0.974. The highest BCUT2D eigenvalue weighted by Gasteiger charge is 2.24. The van der Waals surface area contributed by atoms with E-state index in [0.717, 1.165) is 0 Å². The van der Waals surface area contributed by atoms with Gasteiger partial charge in [0.25, 0.3) is 0 Å². The van der Waals surface area contributed by atoms with E-state index in [-0.39, 0.29) is 6.54 Å². The van der Waals surface area contributed by atoms with Crippen LogP contribution >= 0.6 is 0 Å². The number of rotatable bonds is 2. The SMILES string of the molecule is CC(C)(C)NS(=O)(=O)C1=CC=NC1. The summed E-state index contributed by atoms with van der Waals surface area (Å²) >= 11 is 0. The first-order valence-electron chi connectivity index (χ1n) is 4.04. The van der Waals surface area contributed by atoms with Gasteiger partial charge in [-0.25, -0.2) is 13.1 Å². The molecule has 13 heavy (non-hydrogen) atoms. The van der Waals surface area contributed by atoms with E-state index in [9.17, 15) is 8.42 Å². The van der Waals surface area contributed by atoms with Crippen LogP contribution in [0.25, 0.3) is 0 Å². The third-order valence-electron chi connectivity index (χ3n) is 1.40. The minimum absolute atomic E-state index is 0.255. The zero-order chi connectivity index (χ0) is 10.1. The van der Waals surface area contributed by atoms with E-state index in [1.54, 1.807) is 20.8 Å². The van der Waals surface area contributed by atoms with Gasteiger partial charge in [-0.2, -0.15) is 0 Å². The van der Waals surface area contributed by atoms with Crippen LogP contribution in [0.5, 0.6) is 0 Å². The van der Waals surface area contributed by atoms with E-state index in [2.05, 4.69) is 9.71 Å². The molecule has 0 atom stereocenters. The average molecular weight is 202 g/mol. The number of aliphatic imine (C=N–C) groups is 1. The molecule has 0 radical (unpaired) electrons. The Morgan fingerprint density at radius 2 is 2.08 bits per heavy atom. The standard InChI is InChI=1S/C8H14N2O2S/c1-8(2,3)10-13(11,12)7-4-5-9-6-7/h4-5,10H,6H2,1-3H3. The largest absolute Gasteiger partial charge is 0.288 e. The lowest BCUT2D eigenvalue weighted by atomic mass is 10.1. The molecule has 0 saturated heterocycles. The molecule has 5 heteroatoms. The highest BCUT2D eigenvalue weighted by Crippen LogP contribution is 2.12. The van der Waals surface area contributed by atoms with Crippen molar-refractivity contribution >= 4 is 16.2 Å². The van der Waals surface area contributed by atoms with E-state index < -0.39 is 15.6 Å². The van der Waals surface area contributed by atoms with Gasteiger partial charge in [0.2, 0.25) is 10.0 Å². The molecule has 1 N–H and O–H groups in total. The van der Waals surface area contributed by atoms with Crippen LogP contribution in [0.4, 0.5) is 0 Å². The third-order valence-corrected chi connectivity index (χ3v) is 3.24. The molecule has 0 aromatic heterocycles. The van der Waals surface area contributed by atoms with Crippen molar-refractivity contribution in [2.45, 2.75) is 26.3 Å². The molecule has 4 nitrogen and oxygen atoms in total. The van der Waals surface area contributed by atoms with Crippen LogP contribution in [0, 0.1) is 0 Å². The highest BCUT2D eigenvalue weighted by molar-refractivity contribution is 7.93. The summed E-state index contributed by atoms with van der Waals surface area (Å²) in [7, 11) is -3.33. The highest BCUT2D eigenvalue weighted by atomic mass is 32.2. The van der Waals surface area contributed by atoms with Crippen molar-refractivity contribution in [3.63, 3.8) is 0 Å². The van der Waals surface area contributed by atoms with E-state index in [1.807, 2.05) is 0 Å². The Bertz CT molecular complexity index is 347. The second kappa shape index (κ2) is 3.23. The second-order valence-electron chi connectivity index (χ2n) is 3.98. The fourth-order valence-corrected chi connectivity index (χ4v) is 2.40. The van der Waals surface area contributed by atoms with E-state index in [1.165, 1.54) is 12.3 Å². The molecule has 0 unspecified atom stereocenters. The maximum absolute atomic E-state index is 11.6. The topological polar surface area (TPSA) is 58.5 Å². The van der Waals surface area contributed by atoms with E-state index >= 15 is 0 Å². The zero-order valence-corrected chi connectivity index (χ0v) is 8.85. The smallest absolute Gasteiger partial charge is 0.239 e. The monoisotopic (exact) mass is 202 g/mol. The zero-order valence-electron chi connectivity index (χ0n) is 8.03. The molecule has 0 aliphatic carbocycles. The van der Waals surface area contributed by atoms with Crippen LogP contribution in [0.3, 0.4) is 0 Å². The number of hydrogen-bond acceptors (Lipinski definition) is 3. The Labute approximate surface area is 78.8 Å². The molecule has 1 aliphatic heterocycles. The van der Waals surface area contributed by atoms with Gasteiger partial charge in [0.05, 0.1) is 11.4 Å². The second-order valence-corrected chi connectivity index (χ2v) is 5.71. The summed E-state index contributed by atoms with van der Waals surface area (Å²) in [5.41, 5.74) is -0.442. The summed E-state index contributed by atoms with van der Waals surface area (Å²) in [5.74, 6) is 0. The number of nitrogens with one attached hydrogen (secondary N) is 1. The van der Waals surface area contributed by atoms with Gasteiger partial charge >= 0.3 is 0 Å². The lowest BCUT2D eigenvalue weighted by Gasteiger charge is -2.20. The Morgan fingerprint density at radius 1 is 1.46 bits per heavy atom. The summed E-state index contributed by atoms with van der Waals surface area (Å²) in [6.07, 6.45) is 3.03. The molecule has 0 amide bonds. The van der Waals surface area contributed by atoms with Crippen molar-refractivity contribution in [3.8, 4) is 0 Å². The lowest BCUT2D eigenvalue weighted by molar-refractivity contribution is 0.495. The summed E-state index contributed by atoms with van der Waals surface area (Å²) in [6, 6.07) is 0. The number of nitrogens with zero attached hydrogens (tertiary/aromatic N) is 1. The van der Waals surface area contributed by atoms with Gasteiger partial charge in [0.15, 0.2) is 0 Å². The van der Waals surface area contributed by atoms with Crippen LogP contribution in [0.1, 0.15) is 20.8 Å². The van der Waals surface area contributed by atoms with Gasteiger partial charge in [-0.3, -0.25) is 4.99 Å². The van der Waals surface area contributed by atoms with Crippen molar-refractivity contribution in [2.75, 3.05) is 6.54 Å². The Balaban J connectivity index is 2.79. The number of allylic oxidation sites excluding steroid dienone is 1. The van der Waals surface area contributed by atoms with Gasteiger partial charge in [0.1, 0.15) is 0 Å². The molecule has 0 saturated carbocycles. The van der Waals surface area contributed by atoms with Gasteiger partial charge in [0, 0.05) is 11.8 Å². The molecule has 0 spiro atoms. The molecule has 0 fully saturated rings. The van der Waals surface area contributed by atoms with Crippen molar-refractivity contribution in [1.82, 2.24) is 4.72 Å². The maximum Gasteiger partial charge on any atom is 0.239 e. The Kier molecular flexibility index (Phi) is 2.58. The van der Waals surface area contributed by atoms with Crippen molar-refractivity contribution < 1.29 is 8.42 Å². The quantitative estimate of drug-likeness (QED) is 0.715. The lowest BCUT2D eigenvalue weighted by Crippen LogP contribution is -2.41. The summed E-state index contributed by atoms with van der Waals surface area (Å²) in [5, 5.41) is 0. The van der Waals surface area contributed by atoms with Crippen LogP contribution in [-0.4, -0.2) is 26.7 Å². The first-order chi connectivity index (χ1) is 5.81. The average Bonchev–Trinajstić information content (AvgIpc) is 2.29. The molecule has 0 aromatic rings. The minimum Gasteiger partial charge on any atom is -0.288 e. The van der Waals surface area contributed by atoms with Crippen LogP contribution < -0.4 is 4.72 Å². The Morgan fingerprint density at radius 3 is 2.46 bits per heavy atom. The van der Waals surface area contributed by atoms with Crippen LogP contribution in [0.15, 0.2) is 16.0 Å². The van der Waals surface area contributed by atoms with Crippen LogP contribution in [-0.2, 0) is 10.0 Å². The van der Waals surface area contributed by atoms with Gasteiger partial charge in [-0.15, -0.1) is 0 Å². The summed E-state index contributed by atoms with van der Waals surface area (Å²) in [4.78, 5) is 4.16. The van der Waals surface area contributed by atoms with Gasteiger partial charge in [-0.1, -0.05) is 0 Å². The molecule has 0 aromatic carbocycles. The summed E-state index contributed by atoms with van der Waals surface area (Å²) < 4.78 is 25.7. The predicted octanol–water partition coefficient (Wildman–Crippen LogP) is 0.673. The van der Waals surface area contributed by atoms with Crippen molar-refractivity contribution in [2.24, 2.45) is 4.99 Å². The van der Waals surface area contributed by atoms with Crippen molar-refractivity contribution in [1.29, 1.82) is 0 Å². The number of sulfonamides is 1. The minimum atomic E-state index is -3.33. The van der Waals surface area contributed by atoms with Gasteiger partial charge < -0.3 is 0 Å². The molecular formula is C8H14N2O2S. The van der Waals surface area contributed by atoms with Gasteiger partial charge in [-0.05, 0) is 26.8 Å². The van der Waals surface area contributed by atoms with Crippen molar-refractivity contribution in [3.05, 3.63) is 11.0 Å². The maximum atomic E-state index is 11.6. The first-order valence-corrected chi connectivity index (χ1v) is 5.52. The predicted molar refractivity (Wildman–Crippen MR) is 53.3 cm³/mol. The molecule has 0 bridgehead atoms. The first kappa shape index (κ1) is 10.4. The molecule has 74 valence electrons. The molecule has 1 rings (SSSR count). The molecular weight excluding hydrogens is 188 g/mol. The normalized spacial score (nSPS) is 17.6. The molecule has 1 aliphatic rings. The third kappa shape index (κ3) is 2.93. The molecule has 1 heterocycles. The summed E-state index contributed by atoms with van der Waals surface area (Å²) in [6.45, 7) is 5.67. The van der Waals surface area contributed by atoms with E-state index in [4.69, 9.17) is 0 Å². The fraction of sp³-hybridized carbons (Fsp3) is 0.625.